The van der Waals surface area contributed by atoms with Gasteiger partial charge in [-0.2, -0.15) is 0 Å². The summed E-state index contributed by atoms with van der Waals surface area (Å²) in [5.74, 6) is -2.68. The van der Waals surface area contributed by atoms with Gasteiger partial charge in [0.1, 0.15) is 0 Å². The molecular formula is C68H114CaO14S2. The molecular weight excluding hydrogens is 1140 g/mol. The first-order valence-electron chi connectivity index (χ1n) is 33.3. The van der Waals surface area contributed by atoms with Crippen molar-refractivity contribution in [1.29, 1.82) is 0 Å². The van der Waals surface area contributed by atoms with E-state index in [1.165, 1.54) is 256 Å². The molecule has 0 aliphatic carbocycles. The van der Waals surface area contributed by atoms with Gasteiger partial charge in [0, 0.05) is 10.5 Å². The van der Waals surface area contributed by atoms with Crippen molar-refractivity contribution < 1.29 is 64.1 Å². The normalized spacial score (nSPS) is 12.1. The maximum atomic E-state index is 12.5. The zero-order valence-corrected chi connectivity index (χ0v) is 57.4. The van der Waals surface area contributed by atoms with Gasteiger partial charge in [-0.25, -0.2) is 36.0 Å². The summed E-state index contributed by atoms with van der Waals surface area (Å²) in [6.07, 6.45) is 52.1. The van der Waals surface area contributed by atoms with Crippen molar-refractivity contribution in [2.45, 2.75) is 308 Å². The maximum Gasteiger partial charge on any atom is 2.00 e. The number of carbonyl (C=O) groups is 4. The average molecular weight is 1260 g/mol. The fourth-order valence-corrected chi connectivity index (χ4v) is 10.7. The molecule has 2 aromatic rings. The molecule has 14 nitrogen and oxygen atoms in total. The monoisotopic (exact) mass is 1260 g/mol. The van der Waals surface area contributed by atoms with Gasteiger partial charge in [-0.1, -0.05) is 282 Å². The first-order valence-corrected chi connectivity index (χ1v) is 36.2. The molecule has 0 saturated heterocycles. The minimum Gasteiger partial charge on any atom is -0.748 e. The number of esters is 4. The van der Waals surface area contributed by atoms with E-state index < -0.39 is 54.6 Å². The molecule has 2 unspecified atom stereocenters. The van der Waals surface area contributed by atoms with E-state index in [2.05, 4.69) is 13.8 Å². The Kier molecular flexibility index (Phi) is 53.8. The zero-order chi connectivity index (χ0) is 61.8. The van der Waals surface area contributed by atoms with Gasteiger partial charge >= 0.3 is 61.6 Å². The molecule has 0 heterocycles. The molecule has 0 aliphatic heterocycles. The Labute approximate surface area is 546 Å². The summed E-state index contributed by atoms with van der Waals surface area (Å²) in [6, 6.07) is 12.4. The van der Waals surface area contributed by atoms with Gasteiger partial charge in [-0.3, -0.25) is 0 Å². The number of unbranched alkanes of at least 4 members (excludes halogenated alkanes) is 38. The second-order valence-electron chi connectivity index (χ2n) is 23.3. The molecule has 0 N–H and O–H groups in total. The van der Waals surface area contributed by atoms with Gasteiger partial charge in [0.05, 0.1) is 68.9 Å². The van der Waals surface area contributed by atoms with Crippen LogP contribution in [-0.4, -0.2) is 124 Å². The van der Waals surface area contributed by atoms with Gasteiger partial charge in [0.25, 0.3) is 0 Å². The third-order valence-corrected chi connectivity index (χ3v) is 18.1. The topological polar surface area (TPSA) is 220 Å². The van der Waals surface area contributed by atoms with Gasteiger partial charge in [0.2, 0.25) is 0 Å². The molecule has 0 fully saturated rings. The summed E-state index contributed by atoms with van der Waals surface area (Å²) in [7, 11) is -8.87. The Morgan fingerprint density at radius 2 is 0.482 bits per heavy atom. The molecule has 2 rings (SSSR count). The first-order chi connectivity index (χ1) is 40.5. The van der Waals surface area contributed by atoms with Crippen molar-refractivity contribution in [3.8, 4) is 0 Å². The SMILES string of the molecule is CCCCCCCCCCCCCCCCCCCCCCOC(=O)c1ccccc1C(=O)OCCC(C)S(=O)(=O)[O-].CCCCCCCCCCCCCCCCCCCCCCOC(=O)c1ccccc1C(=O)OCCC(C)S(=O)(=O)[O-].[Ca+2]. The van der Waals surface area contributed by atoms with E-state index in [1.54, 1.807) is 24.3 Å². The van der Waals surface area contributed by atoms with Crippen LogP contribution in [0.25, 0.3) is 0 Å². The van der Waals surface area contributed by atoms with Crippen LogP contribution in [0.2, 0.25) is 0 Å². The van der Waals surface area contributed by atoms with Crippen molar-refractivity contribution in [2.24, 2.45) is 0 Å². The summed E-state index contributed by atoms with van der Waals surface area (Å²) in [6.45, 7) is 7.20. The molecule has 17 heteroatoms. The van der Waals surface area contributed by atoms with Crippen LogP contribution in [0.3, 0.4) is 0 Å². The van der Waals surface area contributed by atoms with Crippen LogP contribution in [0.5, 0.6) is 0 Å². The van der Waals surface area contributed by atoms with Crippen LogP contribution in [0.15, 0.2) is 48.5 Å². The van der Waals surface area contributed by atoms with E-state index >= 15 is 0 Å². The Morgan fingerprint density at radius 3 is 0.659 bits per heavy atom. The fourth-order valence-electron chi connectivity index (χ4n) is 9.96. The predicted octanol–water partition coefficient (Wildman–Crippen LogP) is 17.9. The van der Waals surface area contributed by atoms with Gasteiger partial charge in [0.15, 0.2) is 0 Å². The molecule has 0 saturated carbocycles. The quantitative estimate of drug-likeness (QED) is 0.0198. The Morgan fingerprint density at radius 1 is 0.318 bits per heavy atom. The van der Waals surface area contributed by atoms with Gasteiger partial charge < -0.3 is 28.1 Å². The average Bonchev–Trinajstić information content (AvgIpc) is 3.68. The molecule has 2 atom stereocenters. The standard InChI is InChI=1S/2C34H58O7S.Ca/c2*1-3-4-5-6-7-8-9-10-11-12-13-14-15-16-17-18-19-20-21-24-28-40-33(35)31-25-22-23-26-32(31)34(36)41-29-27-30(2)42(37,38)39;/h2*22-23,25-26,30H,3-21,24,27-29H2,1-2H3,(H,37,38,39);/q;;+2/p-2. The number of benzene rings is 2. The molecule has 2 aromatic carbocycles. The van der Waals surface area contributed by atoms with E-state index in [1.807, 2.05) is 0 Å². The minimum atomic E-state index is -4.44. The number of hydrogen-bond donors (Lipinski definition) is 0. The summed E-state index contributed by atoms with van der Waals surface area (Å²) in [5.41, 5.74) is 0.340. The van der Waals surface area contributed by atoms with Crippen molar-refractivity contribution >= 4 is 81.9 Å². The van der Waals surface area contributed by atoms with Crippen LogP contribution in [0.4, 0.5) is 0 Å². The Bertz CT molecular complexity index is 2050. The van der Waals surface area contributed by atoms with E-state index in [9.17, 15) is 45.1 Å². The largest absolute Gasteiger partial charge is 2.00 e. The van der Waals surface area contributed by atoms with E-state index in [4.69, 9.17) is 18.9 Å². The molecule has 0 radical (unpaired) electrons. The van der Waals surface area contributed by atoms with Crippen LogP contribution in [-0.2, 0) is 39.2 Å². The molecule has 0 amide bonds. The molecule has 0 spiro atoms. The first kappa shape index (κ1) is 82.4. The third kappa shape index (κ3) is 46.2. The number of rotatable bonds is 54. The van der Waals surface area contributed by atoms with E-state index in [0.717, 1.165) is 38.5 Å². The van der Waals surface area contributed by atoms with Crippen LogP contribution < -0.4 is 0 Å². The fraction of sp³-hybridized carbons (Fsp3) is 0.765. The minimum absolute atomic E-state index is 0. The molecule has 0 bridgehead atoms. The van der Waals surface area contributed by atoms with Crippen LogP contribution in [0.1, 0.15) is 339 Å². The molecule has 484 valence electrons. The van der Waals surface area contributed by atoms with Crippen LogP contribution in [0, 0.1) is 0 Å². The zero-order valence-electron chi connectivity index (χ0n) is 53.5. The predicted molar refractivity (Wildman–Crippen MR) is 343 cm³/mol. The summed E-state index contributed by atoms with van der Waals surface area (Å²) in [4.78, 5) is 49.9. The van der Waals surface area contributed by atoms with E-state index in [-0.39, 0.29) is 86.0 Å². The summed E-state index contributed by atoms with van der Waals surface area (Å²) in [5, 5.41) is -2.32. The van der Waals surface area contributed by atoms with E-state index in [0.29, 0.717) is 13.2 Å². The second-order valence-corrected chi connectivity index (χ2v) is 26.8. The van der Waals surface area contributed by atoms with Gasteiger partial charge in [-0.05, 0) is 63.8 Å². The van der Waals surface area contributed by atoms with Crippen LogP contribution >= 0.6 is 0 Å². The number of hydrogen-bond acceptors (Lipinski definition) is 14. The number of ether oxygens (including phenoxy) is 4. The molecule has 0 aliphatic rings. The Balaban J connectivity index is 0.00000164. The smallest absolute Gasteiger partial charge is 0.748 e. The third-order valence-electron chi connectivity index (χ3n) is 15.7. The van der Waals surface area contributed by atoms with Gasteiger partial charge in [-0.15, -0.1) is 0 Å². The second kappa shape index (κ2) is 55.5. The molecule has 85 heavy (non-hydrogen) atoms. The Hall–Kier alpha value is -2.60. The summed E-state index contributed by atoms with van der Waals surface area (Å²) < 4.78 is 86.8. The van der Waals surface area contributed by atoms with Crippen molar-refractivity contribution in [2.75, 3.05) is 26.4 Å². The van der Waals surface area contributed by atoms with Crippen molar-refractivity contribution in [3.63, 3.8) is 0 Å². The molecule has 0 aromatic heterocycles. The summed E-state index contributed by atoms with van der Waals surface area (Å²) >= 11 is 0. The number of carbonyl (C=O) groups excluding carboxylic acids is 4. The van der Waals surface area contributed by atoms with Crippen molar-refractivity contribution in [1.82, 2.24) is 0 Å². The van der Waals surface area contributed by atoms with Crippen molar-refractivity contribution in [3.05, 3.63) is 70.8 Å². The maximum absolute atomic E-state index is 12.5.